The lowest BCUT2D eigenvalue weighted by Gasteiger charge is -2.18. The lowest BCUT2D eigenvalue weighted by Crippen LogP contribution is -2.30. The zero-order valence-corrected chi connectivity index (χ0v) is 40.9. The van der Waals surface area contributed by atoms with E-state index in [4.69, 9.17) is 14.2 Å². The van der Waals surface area contributed by atoms with E-state index < -0.39 is 6.10 Å². The smallest absolute Gasteiger partial charge is 0.306 e. The van der Waals surface area contributed by atoms with Gasteiger partial charge in [0.2, 0.25) is 0 Å². The summed E-state index contributed by atoms with van der Waals surface area (Å²) in [6.07, 6.45) is 62.2. The molecule has 62 heavy (non-hydrogen) atoms. The van der Waals surface area contributed by atoms with Crippen molar-refractivity contribution in [1.82, 2.24) is 0 Å². The predicted octanol–water partition coefficient (Wildman–Crippen LogP) is 17.3. The largest absolute Gasteiger partial charge is 0.462 e. The highest BCUT2D eigenvalue weighted by atomic mass is 16.6. The Morgan fingerprint density at radius 2 is 0.597 bits per heavy atom. The summed E-state index contributed by atoms with van der Waals surface area (Å²) in [7, 11) is 0. The zero-order chi connectivity index (χ0) is 45.1. The van der Waals surface area contributed by atoms with Crippen LogP contribution in [0.3, 0.4) is 0 Å². The van der Waals surface area contributed by atoms with Crippen LogP contribution in [0.5, 0.6) is 0 Å². The molecule has 1 atom stereocenters. The number of esters is 3. The van der Waals surface area contributed by atoms with E-state index in [1.165, 1.54) is 116 Å². The second-order valence-electron chi connectivity index (χ2n) is 17.4. The van der Waals surface area contributed by atoms with Crippen LogP contribution < -0.4 is 0 Å². The molecule has 0 radical (unpaired) electrons. The second-order valence-corrected chi connectivity index (χ2v) is 17.4. The molecule has 0 aliphatic heterocycles. The minimum atomic E-state index is -0.780. The fraction of sp³-hybridized carbons (Fsp3) is 0.768. The molecule has 0 aromatic rings. The monoisotopic (exact) mass is 867 g/mol. The molecule has 0 fully saturated rings. The van der Waals surface area contributed by atoms with Crippen molar-refractivity contribution in [3.63, 3.8) is 0 Å². The van der Waals surface area contributed by atoms with Crippen molar-refractivity contribution < 1.29 is 28.6 Å². The summed E-state index contributed by atoms with van der Waals surface area (Å²) in [6, 6.07) is 0. The number of allylic oxidation sites excluding steroid dienone is 10. The third-order valence-corrected chi connectivity index (χ3v) is 11.2. The van der Waals surface area contributed by atoms with Crippen LogP contribution in [0.1, 0.15) is 258 Å². The summed E-state index contributed by atoms with van der Waals surface area (Å²) in [5, 5.41) is 0. The molecule has 0 aromatic heterocycles. The van der Waals surface area contributed by atoms with Crippen LogP contribution in [-0.4, -0.2) is 37.2 Å². The lowest BCUT2D eigenvalue weighted by molar-refractivity contribution is -0.167. The van der Waals surface area contributed by atoms with E-state index >= 15 is 0 Å². The van der Waals surface area contributed by atoms with Crippen LogP contribution in [0, 0.1) is 0 Å². The fourth-order valence-corrected chi connectivity index (χ4v) is 7.23. The van der Waals surface area contributed by atoms with Crippen LogP contribution >= 0.6 is 0 Å². The summed E-state index contributed by atoms with van der Waals surface area (Å²) >= 11 is 0. The minimum absolute atomic E-state index is 0.0819. The molecule has 0 aliphatic carbocycles. The third-order valence-electron chi connectivity index (χ3n) is 11.2. The molecular formula is C56H98O6. The maximum Gasteiger partial charge on any atom is 0.306 e. The van der Waals surface area contributed by atoms with Gasteiger partial charge in [-0.25, -0.2) is 0 Å². The zero-order valence-electron chi connectivity index (χ0n) is 40.9. The van der Waals surface area contributed by atoms with Gasteiger partial charge in [0, 0.05) is 19.3 Å². The lowest BCUT2D eigenvalue weighted by atomic mass is 10.1. The standard InChI is InChI=1S/C56H98O6/c1-4-7-10-13-16-18-20-22-24-25-26-27-28-29-30-31-32-34-35-37-40-43-46-49-55(58)61-52-53(51-60-54(57)48-45-42-39-15-12-9-6-3)62-56(59)50-47-44-41-38-36-33-23-21-19-17-14-11-8-5-2/h14,17,20-23,25-26,28-29,53H,4-13,15-16,18-19,24,27,30-52H2,1-3H3/b17-14-,22-20-,23-21-,26-25-,29-28-. The van der Waals surface area contributed by atoms with Gasteiger partial charge in [0.1, 0.15) is 13.2 Å². The average Bonchev–Trinajstić information content (AvgIpc) is 3.27. The Hall–Kier alpha value is -2.89. The summed E-state index contributed by atoms with van der Waals surface area (Å²) in [4.78, 5) is 37.8. The van der Waals surface area contributed by atoms with Crippen LogP contribution in [0.15, 0.2) is 60.8 Å². The summed E-state index contributed by atoms with van der Waals surface area (Å²) < 4.78 is 16.7. The van der Waals surface area contributed by atoms with E-state index in [-0.39, 0.29) is 31.1 Å². The number of carbonyl (C=O) groups excluding carboxylic acids is 3. The number of hydrogen-bond donors (Lipinski definition) is 0. The van der Waals surface area contributed by atoms with Crippen LogP contribution in [0.25, 0.3) is 0 Å². The number of rotatable bonds is 47. The first-order valence-electron chi connectivity index (χ1n) is 26.3. The van der Waals surface area contributed by atoms with E-state index in [2.05, 4.69) is 81.5 Å². The first-order valence-corrected chi connectivity index (χ1v) is 26.3. The Labute approximate surface area is 383 Å². The molecule has 0 saturated carbocycles. The van der Waals surface area contributed by atoms with E-state index in [0.29, 0.717) is 19.3 Å². The van der Waals surface area contributed by atoms with Gasteiger partial charge in [-0.1, -0.05) is 216 Å². The highest BCUT2D eigenvalue weighted by Crippen LogP contribution is 2.14. The molecule has 0 spiro atoms. The molecule has 0 amide bonds. The topological polar surface area (TPSA) is 78.9 Å². The first kappa shape index (κ1) is 59.1. The molecule has 1 unspecified atom stereocenters. The van der Waals surface area contributed by atoms with Gasteiger partial charge in [-0.05, 0) is 83.5 Å². The Balaban J connectivity index is 4.23. The molecule has 0 N–H and O–H groups in total. The van der Waals surface area contributed by atoms with E-state index in [9.17, 15) is 14.4 Å². The molecule has 6 heteroatoms. The highest BCUT2D eigenvalue weighted by molar-refractivity contribution is 5.71. The Morgan fingerprint density at radius 3 is 0.952 bits per heavy atom. The summed E-state index contributed by atoms with van der Waals surface area (Å²) in [5.41, 5.74) is 0. The van der Waals surface area contributed by atoms with Gasteiger partial charge in [-0.15, -0.1) is 0 Å². The Bertz CT molecular complexity index is 1130. The van der Waals surface area contributed by atoms with E-state index in [1.54, 1.807) is 0 Å². The van der Waals surface area contributed by atoms with Gasteiger partial charge >= 0.3 is 17.9 Å². The van der Waals surface area contributed by atoms with E-state index in [0.717, 1.165) is 103 Å². The minimum Gasteiger partial charge on any atom is -0.462 e. The van der Waals surface area contributed by atoms with Crippen molar-refractivity contribution in [2.24, 2.45) is 0 Å². The third kappa shape index (κ3) is 48.1. The fourth-order valence-electron chi connectivity index (χ4n) is 7.23. The number of carbonyl (C=O) groups is 3. The van der Waals surface area contributed by atoms with E-state index in [1.807, 2.05) is 0 Å². The number of hydrogen-bond acceptors (Lipinski definition) is 6. The van der Waals surface area contributed by atoms with Crippen LogP contribution in [0.4, 0.5) is 0 Å². The highest BCUT2D eigenvalue weighted by Gasteiger charge is 2.19. The normalized spacial score (nSPS) is 12.5. The first-order chi connectivity index (χ1) is 30.5. The van der Waals surface area contributed by atoms with Crippen molar-refractivity contribution in [3.05, 3.63) is 60.8 Å². The molecular weight excluding hydrogens is 769 g/mol. The van der Waals surface area contributed by atoms with Crippen molar-refractivity contribution in [2.45, 2.75) is 264 Å². The molecule has 6 nitrogen and oxygen atoms in total. The average molecular weight is 867 g/mol. The summed E-state index contributed by atoms with van der Waals surface area (Å²) in [6.45, 7) is 6.53. The van der Waals surface area contributed by atoms with Crippen molar-refractivity contribution in [1.29, 1.82) is 0 Å². The van der Waals surface area contributed by atoms with Gasteiger partial charge in [-0.2, -0.15) is 0 Å². The molecule has 358 valence electrons. The predicted molar refractivity (Wildman–Crippen MR) is 265 cm³/mol. The number of ether oxygens (including phenoxy) is 3. The van der Waals surface area contributed by atoms with Gasteiger partial charge in [0.15, 0.2) is 6.10 Å². The van der Waals surface area contributed by atoms with Crippen LogP contribution in [0.2, 0.25) is 0 Å². The maximum atomic E-state index is 12.7. The Morgan fingerprint density at radius 1 is 0.323 bits per heavy atom. The van der Waals surface area contributed by atoms with Crippen molar-refractivity contribution in [2.75, 3.05) is 13.2 Å². The van der Waals surface area contributed by atoms with Crippen molar-refractivity contribution in [3.8, 4) is 0 Å². The molecule has 0 aliphatic rings. The van der Waals surface area contributed by atoms with Gasteiger partial charge in [0.25, 0.3) is 0 Å². The Kier molecular flexibility index (Phi) is 48.4. The van der Waals surface area contributed by atoms with Gasteiger partial charge in [-0.3, -0.25) is 14.4 Å². The van der Waals surface area contributed by atoms with Gasteiger partial charge in [0.05, 0.1) is 0 Å². The summed E-state index contributed by atoms with van der Waals surface area (Å²) in [5.74, 6) is -0.907. The van der Waals surface area contributed by atoms with Gasteiger partial charge < -0.3 is 14.2 Å². The maximum absolute atomic E-state index is 12.7. The molecule has 0 saturated heterocycles. The number of unbranched alkanes of at least 4 members (excludes halogenated alkanes) is 26. The molecule has 0 aromatic carbocycles. The molecule has 0 rings (SSSR count). The van der Waals surface area contributed by atoms with Crippen molar-refractivity contribution >= 4 is 17.9 Å². The van der Waals surface area contributed by atoms with Crippen LogP contribution in [-0.2, 0) is 28.6 Å². The molecule has 0 heterocycles. The quantitative estimate of drug-likeness (QED) is 0.0262. The molecule has 0 bridgehead atoms. The second kappa shape index (κ2) is 50.8. The SMILES string of the molecule is CCCC/C=C\C/C=C\CCCCCCCC(=O)OC(COC(=O)CCCCCCCCC)COC(=O)CCCCCCCCCC/C=C\C/C=C\C/C=C\CCCCCCC.